The Morgan fingerprint density at radius 2 is 2.19 bits per heavy atom. The largest absolute Gasteiger partial charge is 0.493 e. The van der Waals surface area contributed by atoms with Crippen LogP contribution in [0.5, 0.6) is 5.75 Å². The second kappa shape index (κ2) is 4.82. The molecular formula is C17H20N2OS. The van der Waals surface area contributed by atoms with E-state index in [4.69, 9.17) is 9.72 Å². The van der Waals surface area contributed by atoms with Crippen LogP contribution in [-0.2, 0) is 18.4 Å². The van der Waals surface area contributed by atoms with Crippen molar-refractivity contribution in [2.75, 3.05) is 13.7 Å². The van der Waals surface area contributed by atoms with Crippen LogP contribution in [0.2, 0.25) is 0 Å². The highest BCUT2D eigenvalue weighted by Crippen LogP contribution is 2.47. The Kier molecular flexibility index (Phi) is 3.05. The standard InChI is InChI=1S/C17H20N2OS/c1-11-10-20-14-8-4-3-6-12(14)17(11,18-2)16-19-13-7-5-9-15(13)21-16/h3-4,6,8,11,18H,5,7,9-10H2,1-2H3. The Morgan fingerprint density at radius 3 is 3.00 bits per heavy atom. The Balaban J connectivity index is 1.92. The molecule has 1 aromatic heterocycles. The van der Waals surface area contributed by atoms with E-state index in [0.717, 1.165) is 18.8 Å². The van der Waals surface area contributed by atoms with E-state index in [-0.39, 0.29) is 5.54 Å². The summed E-state index contributed by atoms with van der Waals surface area (Å²) in [5.41, 5.74) is 2.32. The second-order valence-corrected chi connectivity index (χ2v) is 7.09. The van der Waals surface area contributed by atoms with Gasteiger partial charge in [0.1, 0.15) is 16.3 Å². The van der Waals surface area contributed by atoms with Gasteiger partial charge in [0.05, 0.1) is 12.3 Å². The van der Waals surface area contributed by atoms with Gasteiger partial charge in [0, 0.05) is 16.4 Å². The molecule has 0 radical (unpaired) electrons. The van der Waals surface area contributed by atoms with Crippen LogP contribution in [-0.4, -0.2) is 18.6 Å². The van der Waals surface area contributed by atoms with Gasteiger partial charge in [0.25, 0.3) is 0 Å². The minimum atomic E-state index is -0.218. The molecule has 21 heavy (non-hydrogen) atoms. The summed E-state index contributed by atoms with van der Waals surface area (Å²) in [6.45, 7) is 2.97. The van der Waals surface area contributed by atoms with Crippen molar-refractivity contribution in [3.8, 4) is 5.75 Å². The van der Waals surface area contributed by atoms with Crippen LogP contribution in [0.25, 0.3) is 0 Å². The molecule has 4 rings (SSSR count). The smallest absolute Gasteiger partial charge is 0.124 e. The first-order valence-corrected chi connectivity index (χ1v) is 8.47. The molecule has 2 atom stereocenters. The minimum Gasteiger partial charge on any atom is -0.493 e. The number of nitrogens with zero attached hydrogens (tertiary/aromatic N) is 1. The van der Waals surface area contributed by atoms with Crippen LogP contribution in [0.4, 0.5) is 0 Å². The predicted octanol–water partition coefficient (Wildman–Crippen LogP) is 3.12. The number of hydrogen-bond acceptors (Lipinski definition) is 4. The lowest BCUT2D eigenvalue weighted by Crippen LogP contribution is -2.51. The predicted molar refractivity (Wildman–Crippen MR) is 85.1 cm³/mol. The number of aromatic nitrogens is 1. The van der Waals surface area contributed by atoms with E-state index >= 15 is 0 Å². The molecule has 0 bridgehead atoms. The van der Waals surface area contributed by atoms with E-state index in [2.05, 4.69) is 30.4 Å². The molecule has 2 aliphatic rings. The minimum absolute atomic E-state index is 0.218. The zero-order valence-electron chi connectivity index (χ0n) is 12.5. The van der Waals surface area contributed by atoms with E-state index in [1.807, 2.05) is 24.5 Å². The Bertz CT molecular complexity index is 660. The van der Waals surface area contributed by atoms with Gasteiger partial charge in [-0.2, -0.15) is 0 Å². The van der Waals surface area contributed by atoms with Gasteiger partial charge in [-0.25, -0.2) is 4.98 Å². The molecule has 0 saturated carbocycles. The molecule has 1 aromatic carbocycles. The Labute approximate surface area is 129 Å². The van der Waals surface area contributed by atoms with Crippen LogP contribution in [0, 0.1) is 5.92 Å². The summed E-state index contributed by atoms with van der Waals surface area (Å²) < 4.78 is 5.93. The van der Waals surface area contributed by atoms with Crippen molar-refractivity contribution >= 4 is 11.3 Å². The van der Waals surface area contributed by atoms with Crippen LogP contribution in [0.1, 0.15) is 34.5 Å². The molecule has 1 aliphatic heterocycles. The number of aryl methyl sites for hydroxylation is 2. The van der Waals surface area contributed by atoms with Gasteiger partial charge >= 0.3 is 0 Å². The summed E-state index contributed by atoms with van der Waals surface area (Å²) in [6, 6.07) is 8.37. The number of benzene rings is 1. The average molecular weight is 300 g/mol. The van der Waals surface area contributed by atoms with Gasteiger partial charge in [-0.05, 0) is 32.4 Å². The van der Waals surface area contributed by atoms with Gasteiger partial charge in [0.15, 0.2) is 0 Å². The third kappa shape index (κ3) is 1.79. The average Bonchev–Trinajstić information content (AvgIpc) is 3.09. The first kappa shape index (κ1) is 13.3. The van der Waals surface area contributed by atoms with Crippen LogP contribution in [0.15, 0.2) is 24.3 Å². The van der Waals surface area contributed by atoms with Gasteiger partial charge in [-0.3, -0.25) is 0 Å². The quantitative estimate of drug-likeness (QED) is 0.925. The maximum atomic E-state index is 5.93. The fourth-order valence-electron chi connectivity index (χ4n) is 3.70. The monoisotopic (exact) mass is 300 g/mol. The van der Waals surface area contributed by atoms with E-state index in [0.29, 0.717) is 5.92 Å². The zero-order chi connectivity index (χ0) is 14.4. The van der Waals surface area contributed by atoms with E-state index in [9.17, 15) is 0 Å². The number of thiazole rings is 1. The number of ether oxygens (including phenoxy) is 1. The SMILES string of the molecule is CNC1(c2nc3c(s2)CCC3)c2ccccc2OCC1C. The van der Waals surface area contributed by atoms with Crippen molar-refractivity contribution in [2.24, 2.45) is 5.92 Å². The van der Waals surface area contributed by atoms with Crippen molar-refractivity contribution in [1.82, 2.24) is 10.3 Å². The lowest BCUT2D eigenvalue weighted by atomic mass is 9.77. The maximum Gasteiger partial charge on any atom is 0.124 e. The topological polar surface area (TPSA) is 34.2 Å². The lowest BCUT2D eigenvalue weighted by Gasteiger charge is -2.42. The molecule has 110 valence electrons. The van der Waals surface area contributed by atoms with Gasteiger partial charge in [-0.15, -0.1) is 11.3 Å². The highest BCUT2D eigenvalue weighted by atomic mass is 32.1. The summed E-state index contributed by atoms with van der Waals surface area (Å²) in [5.74, 6) is 1.34. The molecule has 4 heteroatoms. The van der Waals surface area contributed by atoms with Crippen LogP contribution >= 0.6 is 11.3 Å². The number of para-hydroxylation sites is 1. The Morgan fingerprint density at radius 1 is 1.33 bits per heavy atom. The molecular weight excluding hydrogens is 280 g/mol. The maximum absolute atomic E-state index is 5.93. The molecule has 0 spiro atoms. The van der Waals surface area contributed by atoms with E-state index in [1.54, 1.807) is 0 Å². The first-order valence-electron chi connectivity index (χ1n) is 7.66. The third-order valence-electron chi connectivity index (χ3n) is 4.87. The first-order chi connectivity index (χ1) is 10.3. The molecule has 1 aliphatic carbocycles. The third-order valence-corrected chi connectivity index (χ3v) is 6.16. The summed E-state index contributed by atoms with van der Waals surface area (Å²) in [7, 11) is 2.05. The second-order valence-electron chi connectivity index (χ2n) is 6.01. The zero-order valence-corrected chi connectivity index (χ0v) is 13.3. The van der Waals surface area contributed by atoms with E-state index in [1.165, 1.54) is 34.0 Å². The van der Waals surface area contributed by atoms with E-state index < -0.39 is 0 Å². The Hall–Kier alpha value is -1.39. The van der Waals surface area contributed by atoms with Crippen molar-refractivity contribution in [2.45, 2.75) is 31.7 Å². The highest BCUT2D eigenvalue weighted by Gasteiger charge is 2.46. The van der Waals surface area contributed by atoms with Crippen molar-refractivity contribution in [3.05, 3.63) is 45.4 Å². The number of fused-ring (bicyclic) bond motifs is 2. The summed E-state index contributed by atoms with van der Waals surface area (Å²) in [6.07, 6.45) is 3.59. The fourth-order valence-corrected chi connectivity index (χ4v) is 5.17. The molecule has 2 aromatic rings. The number of hydrogen-bond donors (Lipinski definition) is 1. The van der Waals surface area contributed by atoms with Crippen molar-refractivity contribution in [1.29, 1.82) is 0 Å². The van der Waals surface area contributed by atoms with Crippen molar-refractivity contribution < 1.29 is 4.74 Å². The lowest BCUT2D eigenvalue weighted by molar-refractivity contribution is 0.146. The van der Waals surface area contributed by atoms with Gasteiger partial charge < -0.3 is 10.1 Å². The van der Waals surface area contributed by atoms with Crippen LogP contribution < -0.4 is 10.1 Å². The normalized spacial score (nSPS) is 27.0. The fraction of sp³-hybridized carbons (Fsp3) is 0.471. The molecule has 3 nitrogen and oxygen atoms in total. The van der Waals surface area contributed by atoms with Crippen LogP contribution in [0.3, 0.4) is 0 Å². The molecule has 2 heterocycles. The van der Waals surface area contributed by atoms with Gasteiger partial charge in [0.2, 0.25) is 0 Å². The van der Waals surface area contributed by atoms with Crippen molar-refractivity contribution in [3.63, 3.8) is 0 Å². The summed E-state index contributed by atoms with van der Waals surface area (Å²) in [5, 5.41) is 4.80. The molecule has 0 saturated heterocycles. The van der Waals surface area contributed by atoms with Gasteiger partial charge in [-0.1, -0.05) is 25.1 Å². The number of nitrogens with one attached hydrogen (secondary N) is 1. The molecule has 1 N–H and O–H groups in total. The number of rotatable bonds is 2. The molecule has 0 fully saturated rings. The molecule has 0 amide bonds. The molecule has 2 unspecified atom stereocenters. The summed E-state index contributed by atoms with van der Waals surface area (Å²) >= 11 is 1.89. The highest BCUT2D eigenvalue weighted by molar-refractivity contribution is 7.12. The summed E-state index contributed by atoms with van der Waals surface area (Å²) in [4.78, 5) is 6.49.